The smallest absolute Gasteiger partial charge is 0.416 e. The Balaban J connectivity index is 2.11. The maximum absolute atomic E-state index is 12.8. The molecule has 0 saturated heterocycles. The number of hydrogen-bond acceptors (Lipinski definition) is 3. The highest BCUT2D eigenvalue weighted by Gasteiger charge is 2.35. The van der Waals surface area contributed by atoms with Crippen LogP contribution >= 0.6 is 47.0 Å². The highest BCUT2D eigenvalue weighted by molar-refractivity contribution is 7.80. The van der Waals surface area contributed by atoms with Gasteiger partial charge >= 0.3 is 6.18 Å². The molecule has 1 amide bonds. The summed E-state index contributed by atoms with van der Waals surface area (Å²) in [5.74, 6) is -0.151. The Labute approximate surface area is 190 Å². The fraction of sp³-hybridized carbons (Fsp3) is 0.222. The van der Waals surface area contributed by atoms with E-state index in [-0.39, 0.29) is 16.4 Å². The van der Waals surface area contributed by atoms with E-state index in [0.717, 1.165) is 12.1 Å². The van der Waals surface area contributed by atoms with Crippen LogP contribution < -0.4 is 20.7 Å². The number of thiocarbonyl (C=S) groups is 1. The molecule has 162 valence electrons. The molecule has 0 aromatic heterocycles. The first-order chi connectivity index (χ1) is 13.9. The SMILES string of the molecule is COc1cccc(C(=O)NC(NC(=S)Nc2cccc(C(F)(F)F)c2)C(Cl)(Cl)Cl)c1. The summed E-state index contributed by atoms with van der Waals surface area (Å²) < 4.78 is 41.6. The van der Waals surface area contributed by atoms with Gasteiger partial charge in [0.25, 0.3) is 5.91 Å². The Morgan fingerprint density at radius 3 is 2.33 bits per heavy atom. The van der Waals surface area contributed by atoms with E-state index >= 15 is 0 Å². The number of amides is 1. The van der Waals surface area contributed by atoms with E-state index in [1.165, 1.54) is 31.4 Å². The molecule has 0 bridgehead atoms. The van der Waals surface area contributed by atoms with Crippen LogP contribution in [0.1, 0.15) is 15.9 Å². The molecule has 0 heterocycles. The van der Waals surface area contributed by atoms with Crippen LogP contribution in [0.3, 0.4) is 0 Å². The number of halogens is 6. The summed E-state index contributed by atoms with van der Waals surface area (Å²) in [5.41, 5.74) is -0.573. The fourth-order valence-electron chi connectivity index (χ4n) is 2.25. The topological polar surface area (TPSA) is 62.4 Å². The van der Waals surface area contributed by atoms with Gasteiger partial charge in [-0.2, -0.15) is 13.2 Å². The fourth-order valence-corrected chi connectivity index (χ4v) is 2.81. The molecule has 0 fully saturated rings. The maximum atomic E-state index is 12.8. The van der Waals surface area contributed by atoms with Crippen LogP contribution in [0.2, 0.25) is 0 Å². The number of alkyl halides is 6. The van der Waals surface area contributed by atoms with Crippen LogP contribution in [-0.2, 0) is 6.18 Å². The van der Waals surface area contributed by atoms with E-state index in [4.69, 9.17) is 51.8 Å². The van der Waals surface area contributed by atoms with Crippen molar-refractivity contribution in [2.75, 3.05) is 12.4 Å². The molecule has 0 spiro atoms. The molecule has 2 rings (SSSR count). The molecule has 0 aliphatic heterocycles. The number of benzene rings is 2. The summed E-state index contributed by atoms with van der Waals surface area (Å²) in [7, 11) is 1.45. The third-order valence-corrected chi connectivity index (χ3v) is 4.53. The van der Waals surface area contributed by atoms with Crippen molar-refractivity contribution in [3.63, 3.8) is 0 Å². The van der Waals surface area contributed by atoms with Crippen molar-refractivity contribution in [1.82, 2.24) is 10.6 Å². The third kappa shape index (κ3) is 7.09. The minimum Gasteiger partial charge on any atom is -0.497 e. The summed E-state index contributed by atoms with van der Waals surface area (Å²) in [6, 6.07) is 10.6. The molecule has 2 aromatic carbocycles. The molecular weight excluding hydrogens is 486 g/mol. The minimum atomic E-state index is -4.52. The van der Waals surface area contributed by atoms with Crippen LogP contribution in [0.15, 0.2) is 48.5 Å². The molecule has 3 N–H and O–H groups in total. The molecule has 1 unspecified atom stereocenters. The van der Waals surface area contributed by atoms with E-state index in [2.05, 4.69) is 16.0 Å². The molecular formula is C18H15Cl3F3N3O2S. The lowest BCUT2D eigenvalue weighted by atomic mass is 10.2. The number of nitrogens with one attached hydrogen (secondary N) is 3. The van der Waals surface area contributed by atoms with Gasteiger partial charge in [0.1, 0.15) is 11.9 Å². The second-order valence-corrected chi connectivity index (χ2v) is 8.63. The van der Waals surface area contributed by atoms with Crippen LogP contribution in [0.4, 0.5) is 18.9 Å². The van der Waals surface area contributed by atoms with Gasteiger partial charge in [0, 0.05) is 11.3 Å². The number of carbonyl (C=O) groups is 1. The summed E-state index contributed by atoms with van der Waals surface area (Å²) in [4.78, 5) is 12.5. The summed E-state index contributed by atoms with van der Waals surface area (Å²) in [6.45, 7) is 0. The van der Waals surface area contributed by atoms with Crippen LogP contribution in [0.5, 0.6) is 5.75 Å². The zero-order valence-electron chi connectivity index (χ0n) is 15.2. The van der Waals surface area contributed by atoms with E-state index < -0.39 is 27.6 Å². The zero-order chi connectivity index (χ0) is 22.5. The Hall–Kier alpha value is -1.94. The number of ether oxygens (including phenoxy) is 1. The average Bonchev–Trinajstić information content (AvgIpc) is 2.66. The molecule has 2 aromatic rings. The maximum Gasteiger partial charge on any atom is 0.416 e. The lowest BCUT2D eigenvalue weighted by Crippen LogP contribution is -2.56. The van der Waals surface area contributed by atoms with E-state index in [9.17, 15) is 18.0 Å². The molecule has 5 nitrogen and oxygen atoms in total. The van der Waals surface area contributed by atoms with Crippen molar-refractivity contribution in [3.05, 3.63) is 59.7 Å². The van der Waals surface area contributed by atoms with Crippen LogP contribution in [-0.4, -0.2) is 28.1 Å². The third-order valence-electron chi connectivity index (χ3n) is 3.66. The predicted octanol–water partition coefficient (Wildman–Crippen LogP) is 5.13. The monoisotopic (exact) mass is 499 g/mol. The van der Waals surface area contributed by atoms with Crippen molar-refractivity contribution in [1.29, 1.82) is 0 Å². The zero-order valence-corrected chi connectivity index (χ0v) is 18.3. The molecule has 0 aliphatic rings. The largest absolute Gasteiger partial charge is 0.497 e. The highest BCUT2D eigenvalue weighted by Crippen LogP contribution is 2.31. The summed E-state index contributed by atoms with van der Waals surface area (Å²) in [5, 5.41) is 7.43. The molecule has 0 saturated carbocycles. The van der Waals surface area contributed by atoms with Gasteiger partial charge in [-0.05, 0) is 48.6 Å². The van der Waals surface area contributed by atoms with Crippen LogP contribution in [0.25, 0.3) is 0 Å². The van der Waals surface area contributed by atoms with E-state index in [0.29, 0.717) is 5.75 Å². The summed E-state index contributed by atoms with van der Waals surface area (Å²) in [6.07, 6.45) is -5.82. The van der Waals surface area contributed by atoms with Gasteiger partial charge in [-0.1, -0.05) is 46.9 Å². The Morgan fingerprint density at radius 1 is 1.07 bits per heavy atom. The van der Waals surface area contributed by atoms with Gasteiger partial charge in [-0.15, -0.1) is 0 Å². The van der Waals surface area contributed by atoms with Gasteiger partial charge in [-0.25, -0.2) is 0 Å². The van der Waals surface area contributed by atoms with Gasteiger partial charge in [-0.3, -0.25) is 4.79 Å². The first kappa shape index (κ1) is 24.3. The molecule has 0 radical (unpaired) electrons. The van der Waals surface area contributed by atoms with Crippen molar-refractivity contribution < 1.29 is 22.7 Å². The Morgan fingerprint density at radius 2 is 1.73 bits per heavy atom. The molecule has 30 heavy (non-hydrogen) atoms. The van der Waals surface area contributed by atoms with Gasteiger partial charge in [0.05, 0.1) is 12.7 Å². The molecule has 12 heteroatoms. The van der Waals surface area contributed by atoms with Gasteiger partial charge in [0.15, 0.2) is 5.11 Å². The van der Waals surface area contributed by atoms with Crippen molar-refractivity contribution in [3.8, 4) is 5.75 Å². The first-order valence-electron chi connectivity index (χ1n) is 8.16. The highest BCUT2D eigenvalue weighted by atomic mass is 35.6. The first-order valence-corrected chi connectivity index (χ1v) is 9.71. The molecule has 0 aliphatic carbocycles. The van der Waals surface area contributed by atoms with E-state index in [1.54, 1.807) is 12.1 Å². The van der Waals surface area contributed by atoms with Crippen molar-refractivity contribution >= 4 is 63.7 Å². The quantitative estimate of drug-likeness (QED) is 0.302. The lowest BCUT2D eigenvalue weighted by Gasteiger charge is -2.28. The summed E-state index contributed by atoms with van der Waals surface area (Å²) >= 11 is 22.8. The normalized spacial score (nSPS) is 12.6. The van der Waals surface area contributed by atoms with Crippen LogP contribution in [0, 0.1) is 0 Å². The van der Waals surface area contributed by atoms with Gasteiger partial charge in [0.2, 0.25) is 3.79 Å². The number of methoxy groups -OCH3 is 1. The predicted molar refractivity (Wildman–Crippen MR) is 115 cm³/mol. The Kier molecular flexibility index (Phi) is 8.04. The Bertz CT molecular complexity index is 923. The molecule has 1 atom stereocenters. The number of rotatable bonds is 5. The van der Waals surface area contributed by atoms with Crippen molar-refractivity contribution in [2.24, 2.45) is 0 Å². The van der Waals surface area contributed by atoms with E-state index in [1.807, 2.05) is 0 Å². The minimum absolute atomic E-state index is 0.0597. The standard InChI is InChI=1S/C18H15Cl3F3N3O2S/c1-29-13-7-2-4-10(8-13)14(28)26-15(17(19,20)21)27-16(30)25-12-6-3-5-11(9-12)18(22,23)24/h2-9,15H,1H3,(H,26,28)(H2,25,27,30). The van der Waals surface area contributed by atoms with Crippen molar-refractivity contribution in [2.45, 2.75) is 16.1 Å². The lowest BCUT2D eigenvalue weighted by molar-refractivity contribution is -0.137. The second-order valence-electron chi connectivity index (χ2n) is 5.86. The number of carbonyl (C=O) groups excluding carboxylic acids is 1. The van der Waals surface area contributed by atoms with Gasteiger partial charge < -0.3 is 20.7 Å². The number of anilines is 1. The second kappa shape index (κ2) is 9.91. The average molecular weight is 501 g/mol. The number of hydrogen-bond donors (Lipinski definition) is 3.